The van der Waals surface area contributed by atoms with Crippen LogP contribution in [0.1, 0.15) is 29.4 Å². The third-order valence-electron chi connectivity index (χ3n) is 4.47. The Bertz CT molecular complexity index is 1000. The van der Waals surface area contributed by atoms with E-state index in [1.165, 1.54) is 6.08 Å². The number of benzene rings is 2. The maximum absolute atomic E-state index is 12.3. The van der Waals surface area contributed by atoms with Crippen LogP contribution >= 0.6 is 11.6 Å². The Hall–Kier alpha value is -2.78. The molecule has 3 aromatic rings. The van der Waals surface area contributed by atoms with Gasteiger partial charge in [-0.05, 0) is 61.2 Å². The van der Waals surface area contributed by atoms with Gasteiger partial charge in [-0.15, -0.1) is 0 Å². The molecule has 138 valence electrons. The number of carbonyl (C=O) groups is 1. The van der Waals surface area contributed by atoms with Crippen molar-refractivity contribution in [1.29, 1.82) is 0 Å². The van der Waals surface area contributed by atoms with Gasteiger partial charge in [-0.2, -0.15) is 0 Å². The number of rotatable bonds is 5. The molecule has 1 N–H and O–H groups in total. The molecular weight excluding hydrogens is 358 g/mol. The normalized spacial score (nSPS) is 11.1. The molecule has 1 heterocycles. The predicted octanol–water partition coefficient (Wildman–Crippen LogP) is 6.43. The van der Waals surface area contributed by atoms with Gasteiger partial charge in [0.1, 0.15) is 11.5 Å². The van der Waals surface area contributed by atoms with Crippen LogP contribution in [0.3, 0.4) is 0 Å². The summed E-state index contributed by atoms with van der Waals surface area (Å²) in [6.07, 6.45) is 4.01. The van der Waals surface area contributed by atoms with Gasteiger partial charge in [0.05, 0.1) is 0 Å². The van der Waals surface area contributed by atoms with Crippen LogP contribution in [0.15, 0.2) is 59.0 Å². The number of furan rings is 1. The molecule has 0 aliphatic carbocycles. The molecule has 0 spiro atoms. The van der Waals surface area contributed by atoms with Crippen LogP contribution in [0.4, 0.5) is 5.69 Å². The van der Waals surface area contributed by atoms with Crippen LogP contribution in [0.5, 0.6) is 0 Å². The van der Waals surface area contributed by atoms with E-state index in [2.05, 4.69) is 12.2 Å². The summed E-state index contributed by atoms with van der Waals surface area (Å²) in [5.74, 6) is 1.14. The lowest BCUT2D eigenvalue weighted by Crippen LogP contribution is -2.10. The molecule has 0 unspecified atom stereocenters. The molecule has 1 aromatic heterocycles. The van der Waals surface area contributed by atoms with E-state index < -0.39 is 0 Å². The number of carbonyl (C=O) groups excluding carboxylic acids is 1. The summed E-state index contributed by atoms with van der Waals surface area (Å²) in [5.41, 5.74) is 4.97. The van der Waals surface area contributed by atoms with Crippen molar-refractivity contribution >= 4 is 29.3 Å². The van der Waals surface area contributed by atoms with Gasteiger partial charge in [0.25, 0.3) is 0 Å². The highest BCUT2D eigenvalue weighted by atomic mass is 35.5. The minimum absolute atomic E-state index is 0.185. The summed E-state index contributed by atoms with van der Waals surface area (Å²) < 4.78 is 5.81. The maximum atomic E-state index is 12.3. The van der Waals surface area contributed by atoms with Crippen LogP contribution in [0.25, 0.3) is 17.4 Å². The fraction of sp³-hybridized carbons (Fsp3) is 0.174. The van der Waals surface area contributed by atoms with Gasteiger partial charge in [0.2, 0.25) is 5.91 Å². The number of amides is 1. The number of hydrogen-bond acceptors (Lipinski definition) is 2. The zero-order chi connectivity index (χ0) is 19.4. The summed E-state index contributed by atoms with van der Waals surface area (Å²) >= 11 is 6.18. The van der Waals surface area contributed by atoms with E-state index in [4.69, 9.17) is 16.0 Å². The topological polar surface area (TPSA) is 42.2 Å². The first-order chi connectivity index (χ1) is 13.0. The van der Waals surface area contributed by atoms with Gasteiger partial charge in [0.15, 0.2) is 0 Å². The Kier molecular flexibility index (Phi) is 5.82. The molecular formula is C23H22ClNO2. The van der Waals surface area contributed by atoms with Crippen LogP contribution in [-0.2, 0) is 11.2 Å². The first-order valence-corrected chi connectivity index (χ1v) is 9.29. The molecule has 0 saturated heterocycles. The van der Waals surface area contributed by atoms with Crippen molar-refractivity contribution in [1.82, 2.24) is 0 Å². The number of hydrogen-bond donors (Lipinski definition) is 1. The smallest absolute Gasteiger partial charge is 0.248 e. The lowest BCUT2D eigenvalue weighted by atomic mass is 10.1. The van der Waals surface area contributed by atoms with Crippen molar-refractivity contribution in [2.75, 3.05) is 5.32 Å². The van der Waals surface area contributed by atoms with Crippen LogP contribution < -0.4 is 5.32 Å². The minimum Gasteiger partial charge on any atom is -0.457 e. The van der Waals surface area contributed by atoms with Gasteiger partial charge in [-0.1, -0.05) is 48.9 Å². The standard InChI is InChI=1S/C23H22ClNO2/c1-4-17-7-5-6-16(3)23(17)25-22(26)13-11-19-10-12-21(27-19)18-9-8-15(2)20(24)14-18/h5-14H,4H2,1-3H3,(H,25,26)/b13-11+. The zero-order valence-corrected chi connectivity index (χ0v) is 16.4. The molecule has 1 amide bonds. The number of para-hydroxylation sites is 1. The van der Waals surface area contributed by atoms with E-state index in [1.54, 1.807) is 6.08 Å². The average molecular weight is 380 g/mol. The van der Waals surface area contributed by atoms with Gasteiger partial charge >= 0.3 is 0 Å². The molecule has 0 aliphatic rings. The van der Waals surface area contributed by atoms with Crippen molar-refractivity contribution in [2.45, 2.75) is 27.2 Å². The van der Waals surface area contributed by atoms with Gasteiger partial charge in [-0.3, -0.25) is 4.79 Å². The number of aryl methyl sites for hydroxylation is 3. The Morgan fingerprint density at radius 2 is 1.93 bits per heavy atom. The van der Waals surface area contributed by atoms with Crippen LogP contribution in [0.2, 0.25) is 5.02 Å². The SMILES string of the molecule is CCc1cccc(C)c1NC(=O)/C=C/c1ccc(-c2ccc(C)c(Cl)c2)o1. The summed E-state index contributed by atoms with van der Waals surface area (Å²) in [6, 6.07) is 15.5. The average Bonchev–Trinajstić information content (AvgIpc) is 3.13. The lowest BCUT2D eigenvalue weighted by molar-refractivity contribution is -0.111. The van der Waals surface area contributed by atoms with E-state index in [9.17, 15) is 4.79 Å². The molecule has 0 saturated carbocycles. The van der Waals surface area contributed by atoms with Crippen LogP contribution in [-0.4, -0.2) is 5.91 Å². The molecule has 3 rings (SSSR count). The van der Waals surface area contributed by atoms with Crippen molar-refractivity contribution in [3.63, 3.8) is 0 Å². The largest absolute Gasteiger partial charge is 0.457 e. The summed E-state index contributed by atoms with van der Waals surface area (Å²) in [5, 5.41) is 3.67. The molecule has 3 nitrogen and oxygen atoms in total. The van der Waals surface area contributed by atoms with E-state index in [-0.39, 0.29) is 5.91 Å². The second-order valence-electron chi connectivity index (χ2n) is 6.45. The predicted molar refractivity (Wildman–Crippen MR) is 112 cm³/mol. The highest BCUT2D eigenvalue weighted by Gasteiger charge is 2.08. The van der Waals surface area contributed by atoms with E-state index >= 15 is 0 Å². The second kappa shape index (κ2) is 8.28. The molecule has 4 heteroatoms. The molecule has 0 atom stereocenters. The third kappa shape index (κ3) is 4.50. The summed E-state index contributed by atoms with van der Waals surface area (Å²) in [7, 11) is 0. The van der Waals surface area contributed by atoms with Gasteiger partial charge < -0.3 is 9.73 Å². The summed E-state index contributed by atoms with van der Waals surface area (Å²) in [6.45, 7) is 6.02. The number of nitrogens with one attached hydrogen (secondary N) is 1. The Labute approximate surface area is 164 Å². The van der Waals surface area contributed by atoms with Crippen molar-refractivity contribution in [2.24, 2.45) is 0 Å². The lowest BCUT2D eigenvalue weighted by Gasteiger charge is -2.11. The van der Waals surface area contributed by atoms with Crippen LogP contribution in [0, 0.1) is 13.8 Å². The van der Waals surface area contributed by atoms with E-state index in [0.717, 1.165) is 34.4 Å². The monoisotopic (exact) mass is 379 g/mol. The number of anilines is 1. The van der Waals surface area contributed by atoms with E-state index in [1.807, 2.05) is 62.4 Å². The molecule has 0 aliphatic heterocycles. The molecule has 0 fully saturated rings. The fourth-order valence-corrected chi connectivity index (χ4v) is 3.05. The first-order valence-electron chi connectivity index (χ1n) is 8.92. The van der Waals surface area contributed by atoms with Crippen molar-refractivity contribution in [3.05, 3.63) is 82.1 Å². The van der Waals surface area contributed by atoms with Crippen molar-refractivity contribution < 1.29 is 9.21 Å². The minimum atomic E-state index is -0.185. The highest BCUT2D eigenvalue weighted by Crippen LogP contribution is 2.27. The Morgan fingerprint density at radius 1 is 1.11 bits per heavy atom. The Balaban J connectivity index is 1.72. The molecule has 0 radical (unpaired) electrons. The Morgan fingerprint density at radius 3 is 2.67 bits per heavy atom. The third-order valence-corrected chi connectivity index (χ3v) is 4.88. The highest BCUT2D eigenvalue weighted by molar-refractivity contribution is 6.31. The zero-order valence-electron chi connectivity index (χ0n) is 15.7. The fourth-order valence-electron chi connectivity index (χ4n) is 2.87. The molecule has 2 aromatic carbocycles. The molecule has 27 heavy (non-hydrogen) atoms. The quantitative estimate of drug-likeness (QED) is 0.519. The second-order valence-corrected chi connectivity index (χ2v) is 6.86. The molecule has 0 bridgehead atoms. The first kappa shape index (κ1) is 19.0. The van der Waals surface area contributed by atoms with Gasteiger partial charge in [0, 0.05) is 22.3 Å². The maximum Gasteiger partial charge on any atom is 0.248 e. The summed E-state index contributed by atoms with van der Waals surface area (Å²) in [4.78, 5) is 12.3. The van der Waals surface area contributed by atoms with Crippen molar-refractivity contribution in [3.8, 4) is 11.3 Å². The number of halogens is 1. The van der Waals surface area contributed by atoms with E-state index in [0.29, 0.717) is 16.5 Å². The van der Waals surface area contributed by atoms with Gasteiger partial charge in [-0.25, -0.2) is 0 Å².